The van der Waals surface area contributed by atoms with E-state index in [1.165, 1.54) is 38.5 Å². The van der Waals surface area contributed by atoms with Crippen LogP contribution in [0.5, 0.6) is 0 Å². The first-order valence-electron chi connectivity index (χ1n) is 5.51. The van der Waals surface area contributed by atoms with Crippen LogP contribution in [-0.4, -0.2) is 20.2 Å². The number of carbonyl (C=O) groups excluding carboxylic acids is 1. The summed E-state index contributed by atoms with van der Waals surface area (Å²) in [4.78, 5) is 10.5. The van der Waals surface area contributed by atoms with E-state index in [2.05, 4.69) is 12.2 Å². The highest BCUT2D eigenvalue weighted by Crippen LogP contribution is 2.05. The summed E-state index contributed by atoms with van der Waals surface area (Å²) in [6, 6.07) is 0. The molecule has 76 valence electrons. The molecule has 0 fully saturated rings. The van der Waals surface area contributed by atoms with Gasteiger partial charge in [0.25, 0.3) is 0 Å². The van der Waals surface area contributed by atoms with E-state index in [1.54, 1.807) is 7.85 Å². The van der Waals surface area contributed by atoms with E-state index in [0.29, 0.717) is 0 Å². The van der Waals surface area contributed by atoms with Gasteiger partial charge in [-0.3, -0.25) is 4.79 Å². The van der Waals surface area contributed by atoms with Crippen molar-refractivity contribution in [2.45, 2.75) is 51.9 Å². The summed E-state index contributed by atoms with van der Waals surface area (Å²) in [7, 11) is 1.57. The van der Waals surface area contributed by atoms with Gasteiger partial charge >= 0.3 is 0 Å². The fourth-order valence-corrected chi connectivity index (χ4v) is 1.35. The van der Waals surface area contributed by atoms with Crippen molar-refractivity contribution in [1.29, 1.82) is 0 Å². The van der Waals surface area contributed by atoms with Gasteiger partial charge in [-0.25, -0.2) is 0 Å². The van der Waals surface area contributed by atoms with Crippen LogP contribution in [0, 0.1) is 0 Å². The molecule has 0 atom stereocenters. The second kappa shape index (κ2) is 9.62. The Morgan fingerprint density at radius 1 is 1.08 bits per heavy atom. The summed E-state index contributed by atoms with van der Waals surface area (Å²) in [6.45, 7) is 3.08. The van der Waals surface area contributed by atoms with Gasteiger partial charge in [-0.15, -0.1) is 0 Å². The molecule has 1 N–H and O–H groups in total. The molecule has 0 aliphatic rings. The molecule has 13 heavy (non-hydrogen) atoms. The predicted octanol–water partition coefficient (Wildman–Crippen LogP) is 2.08. The SMILES string of the molecule is BC(=O)NCCCCCCCCC. The Balaban J connectivity index is 2.87. The van der Waals surface area contributed by atoms with Crippen molar-refractivity contribution in [2.24, 2.45) is 0 Å². The van der Waals surface area contributed by atoms with Crippen LogP contribution in [0.25, 0.3) is 0 Å². The minimum Gasteiger partial charge on any atom is -0.365 e. The van der Waals surface area contributed by atoms with Crippen LogP contribution in [-0.2, 0) is 0 Å². The van der Waals surface area contributed by atoms with E-state index >= 15 is 0 Å². The molecule has 2 nitrogen and oxygen atoms in total. The Bertz CT molecular complexity index is 128. The molecule has 0 aromatic rings. The molecule has 1 amide bonds. The van der Waals surface area contributed by atoms with Gasteiger partial charge in [0.1, 0.15) is 0 Å². The molecule has 0 aliphatic heterocycles. The Morgan fingerprint density at radius 2 is 1.62 bits per heavy atom. The normalized spacial score (nSPS) is 9.92. The second-order valence-electron chi connectivity index (χ2n) is 3.60. The van der Waals surface area contributed by atoms with E-state index in [4.69, 9.17) is 0 Å². The lowest BCUT2D eigenvalue weighted by molar-refractivity contribution is 0.259. The molecule has 0 radical (unpaired) electrons. The van der Waals surface area contributed by atoms with Gasteiger partial charge in [-0.2, -0.15) is 0 Å². The average Bonchev–Trinajstić information content (AvgIpc) is 2.09. The quantitative estimate of drug-likeness (QED) is 0.453. The van der Waals surface area contributed by atoms with Crippen LogP contribution in [0.1, 0.15) is 51.9 Å². The third-order valence-electron chi connectivity index (χ3n) is 2.15. The Hall–Kier alpha value is -0.465. The zero-order valence-corrected chi connectivity index (χ0v) is 9.07. The number of hydrogen-bond acceptors (Lipinski definition) is 1. The van der Waals surface area contributed by atoms with Gasteiger partial charge in [-0.1, -0.05) is 45.4 Å². The summed E-state index contributed by atoms with van der Waals surface area (Å²) in [5.74, 6) is 0.0889. The Kier molecular flexibility index (Phi) is 9.28. The van der Waals surface area contributed by atoms with E-state index in [0.717, 1.165) is 13.0 Å². The van der Waals surface area contributed by atoms with Gasteiger partial charge in [0.05, 0.1) is 0 Å². The van der Waals surface area contributed by atoms with Gasteiger partial charge in [0, 0.05) is 6.54 Å². The van der Waals surface area contributed by atoms with Crippen molar-refractivity contribution in [1.82, 2.24) is 5.32 Å². The zero-order valence-electron chi connectivity index (χ0n) is 9.07. The molecular weight excluding hydrogens is 161 g/mol. The van der Waals surface area contributed by atoms with Crippen LogP contribution in [0.3, 0.4) is 0 Å². The van der Waals surface area contributed by atoms with E-state index in [9.17, 15) is 4.79 Å². The monoisotopic (exact) mass is 183 g/mol. The lowest BCUT2D eigenvalue weighted by atomic mass is 10.1. The molecule has 0 heterocycles. The zero-order chi connectivity index (χ0) is 9.94. The fraction of sp³-hybridized carbons (Fsp3) is 0.900. The highest BCUT2D eigenvalue weighted by molar-refractivity contribution is 6.57. The average molecular weight is 183 g/mol. The third kappa shape index (κ3) is 11.5. The van der Waals surface area contributed by atoms with Crippen molar-refractivity contribution in [2.75, 3.05) is 6.54 Å². The van der Waals surface area contributed by atoms with Crippen molar-refractivity contribution in [3.05, 3.63) is 0 Å². The maximum atomic E-state index is 10.5. The lowest BCUT2D eigenvalue weighted by Gasteiger charge is -2.02. The summed E-state index contributed by atoms with van der Waals surface area (Å²) in [5, 5.41) is 2.81. The summed E-state index contributed by atoms with van der Waals surface area (Å²) in [6.07, 6.45) is 9.11. The first-order valence-corrected chi connectivity index (χ1v) is 5.51. The third-order valence-corrected chi connectivity index (χ3v) is 2.15. The summed E-state index contributed by atoms with van der Waals surface area (Å²) < 4.78 is 0. The number of carbonyl (C=O) groups is 1. The van der Waals surface area contributed by atoms with Crippen LogP contribution in [0.15, 0.2) is 0 Å². The van der Waals surface area contributed by atoms with Crippen molar-refractivity contribution in [3.8, 4) is 0 Å². The molecule has 0 spiro atoms. The molecule has 0 saturated heterocycles. The first-order chi connectivity index (χ1) is 6.27. The van der Waals surface area contributed by atoms with Crippen molar-refractivity contribution < 1.29 is 4.79 Å². The largest absolute Gasteiger partial charge is 0.365 e. The number of nitrogens with one attached hydrogen (secondary N) is 1. The fourth-order valence-electron chi connectivity index (χ4n) is 1.35. The molecule has 0 aromatic carbocycles. The van der Waals surface area contributed by atoms with Gasteiger partial charge in [-0.05, 0) is 6.42 Å². The first kappa shape index (κ1) is 12.5. The maximum Gasteiger partial charge on any atom is 0.215 e. The van der Waals surface area contributed by atoms with Crippen LogP contribution in [0.2, 0.25) is 0 Å². The smallest absolute Gasteiger partial charge is 0.215 e. The second-order valence-corrected chi connectivity index (χ2v) is 3.60. The lowest BCUT2D eigenvalue weighted by Crippen LogP contribution is -2.22. The molecule has 0 aromatic heterocycles. The Labute approximate surface area is 82.9 Å². The number of amides is 1. The molecule has 0 bridgehead atoms. The van der Waals surface area contributed by atoms with Gasteiger partial charge in [0.2, 0.25) is 7.85 Å². The van der Waals surface area contributed by atoms with Gasteiger partial charge < -0.3 is 5.32 Å². The van der Waals surface area contributed by atoms with E-state index in [1.807, 2.05) is 0 Å². The molecule has 0 saturated carbocycles. The topological polar surface area (TPSA) is 29.1 Å². The minimum atomic E-state index is 0.0889. The highest BCUT2D eigenvalue weighted by atomic mass is 16.1. The van der Waals surface area contributed by atoms with Crippen LogP contribution in [0.4, 0.5) is 4.79 Å². The molecule has 0 unspecified atom stereocenters. The highest BCUT2D eigenvalue weighted by Gasteiger charge is 1.91. The molecule has 3 heteroatoms. The predicted molar refractivity (Wildman–Crippen MR) is 59.9 cm³/mol. The molecule has 0 aliphatic carbocycles. The summed E-state index contributed by atoms with van der Waals surface area (Å²) >= 11 is 0. The minimum absolute atomic E-state index is 0.0889. The number of rotatable bonds is 8. The summed E-state index contributed by atoms with van der Waals surface area (Å²) in [5.41, 5.74) is 0. The number of hydrogen-bond donors (Lipinski definition) is 1. The molecular formula is C10H22BNO. The maximum absolute atomic E-state index is 10.5. The van der Waals surface area contributed by atoms with Crippen LogP contribution < -0.4 is 5.32 Å². The number of unbranched alkanes of at least 4 members (excludes halogenated alkanes) is 6. The van der Waals surface area contributed by atoms with Crippen molar-refractivity contribution >= 4 is 13.7 Å². The van der Waals surface area contributed by atoms with E-state index in [-0.39, 0.29) is 5.81 Å². The van der Waals surface area contributed by atoms with Gasteiger partial charge in [0.15, 0.2) is 5.81 Å². The Morgan fingerprint density at radius 3 is 2.15 bits per heavy atom. The van der Waals surface area contributed by atoms with E-state index < -0.39 is 0 Å². The molecule has 0 rings (SSSR count). The standard InChI is InChI=1S/C10H22BNO/c1-2-3-4-5-6-7-8-9-12-10(11)13/h2-9,11H2,1H3,(H,12,13). The van der Waals surface area contributed by atoms with Crippen LogP contribution >= 0.6 is 0 Å². The van der Waals surface area contributed by atoms with Crippen molar-refractivity contribution in [3.63, 3.8) is 0 Å².